The normalized spacial score (nSPS) is 23.5. The van der Waals surface area contributed by atoms with Crippen LogP contribution in [0.25, 0.3) is 6.08 Å². The third-order valence-corrected chi connectivity index (χ3v) is 7.74. The average molecular weight is 515 g/mol. The van der Waals surface area contributed by atoms with E-state index in [2.05, 4.69) is 0 Å². The van der Waals surface area contributed by atoms with Crippen molar-refractivity contribution >= 4 is 41.0 Å². The Morgan fingerprint density at radius 2 is 1.57 bits per heavy atom. The summed E-state index contributed by atoms with van der Waals surface area (Å²) in [6.07, 6.45) is 3.76. The van der Waals surface area contributed by atoms with Crippen molar-refractivity contribution in [3.05, 3.63) is 94.6 Å². The predicted molar refractivity (Wildman–Crippen MR) is 139 cm³/mol. The van der Waals surface area contributed by atoms with Crippen molar-refractivity contribution in [2.75, 3.05) is 19.1 Å². The molecule has 0 aliphatic carbocycles. The molecule has 8 heteroatoms. The number of ether oxygens (including phenoxy) is 2. The zero-order valence-corrected chi connectivity index (χ0v) is 20.9. The number of Topliss-reactive ketones (excluding diaryl/α,β-unsaturated/α-hetero) is 1. The molecule has 7 nitrogen and oxygen atoms in total. The lowest BCUT2D eigenvalue weighted by Crippen LogP contribution is -2.44. The number of methoxy groups -OCH3 is 2. The van der Waals surface area contributed by atoms with Crippen LogP contribution in [0.1, 0.15) is 27.5 Å². The molecule has 0 N–H and O–H groups in total. The standard InChI is InChI=1S/C29H23ClN2O5/c1-36-21-12-7-17(15-22(21)37-2)27(33)26-24-23(25-20-6-4-3-5-16(20)13-14-31(25)26)28(34)32(29(24)35)19-10-8-18(30)9-11-19/h3-15,23-26H,1-2H3/t23-,24-,25+,26+/m0/s1. The van der Waals surface area contributed by atoms with Crippen LogP contribution in [-0.4, -0.2) is 42.8 Å². The SMILES string of the molecule is COc1ccc(C(=O)[C@H]2[C@H]3C(=O)N(c4ccc(Cl)cc4)C(=O)[C@@H]3[C@H]3c4ccccc4C=CN32)cc1OC. The van der Waals surface area contributed by atoms with Gasteiger partial charge in [-0.05, 0) is 59.7 Å². The quantitative estimate of drug-likeness (QED) is 0.361. The molecular formula is C29H23ClN2O5. The third kappa shape index (κ3) is 3.45. The van der Waals surface area contributed by atoms with E-state index in [4.69, 9.17) is 21.1 Å². The van der Waals surface area contributed by atoms with E-state index in [1.165, 1.54) is 19.1 Å². The summed E-state index contributed by atoms with van der Waals surface area (Å²) in [4.78, 5) is 45.0. The molecule has 0 radical (unpaired) electrons. The summed E-state index contributed by atoms with van der Waals surface area (Å²) in [5, 5.41) is 0.502. The summed E-state index contributed by atoms with van der Waals surface area (Å²) >= 11 is 6.05. The lowest BCUT2D eigenvalue weighted by molar-refractivity contribution is -0.123. The highest BCUT2D eigenvalue weighted by molar-refractivity contribution is 6.31. The van der Waals surface area contributed by atoms with Gasteiger partial charge in [0.25, 0.3) is 0 Å². The van der Waals surface area contributed by atoms with E-state index in [1.807, 2.05) is 41.4 Å². The molecule has 6 rings (SSSR count). The Bertz CT molecular complexity index is 1470. The number of hydrogen-bond acceptors (Lipinski definition) is 6. The number of halogens is 1. The fourth-order valence-electron chi connectivity index (χ4n) is 5.86. The van der Waals surface area contributed by atoms with Crippen molar-refractivity contribution in [3.63, 3.8) is 0 Å². The number of carbonyl (C=O) groups excluding carboxylic acids is 3. The number of rotatable bonds is 5. The number of hydrogen-bond donors (Lipinski definition) is 0. The summed E-state index contributed by atoms with van der Waals surface area (Å²) in [6.45, 7) is 0. The number of ketones is 1. The van der Waals surface area contributed by atoms with Gasteiger partial charge in [-0.15, -0.1) is 0 Å². The van der Waals surface area contributed by atoms with Crippen molar-refractivity contribution in [1.82, 2.24) is 4.90 Å². The number of imide groups is 1. The molecule has 186 valence electrons. The van der Waals surface area contributed by atoms with Gasteiger partial charge in [0.1, 0.15) is 6.04 Å². The Hall–Kier alpha value is -4.10. The number of anilines is 1. The molecule has 2 fully saturated rings. The lowest BCUT2D eigenvalue weighted by Gasteiger charge is -2.35. The second kappa shape index (κ2) is 8.78. The predicted octanol–water partition coefficient (Wildman–Crippen LogP) is 4.76. The Balaban J connectivity index is 1.48. The van der Waals surface area contributed by atoms with E-state index in [1.54, 1.807) is 42.5 Å². The van der Waals surface area contributed by atoms with Gasteiger partial charge >= 0.3 is 0 Å². The van der Waals surface area contributed by atoms with Crippen LogP contribution < -0.4 is 14.4 Å². The van der Waals surface area contributed by atoms with Crippen LogP contribution in [0, 0.1) is 11.8 Å². The number of benzene rings is 3. The molecule has 3 aliphatic heterocycles. The van der Waals surface area contributed by atoms with Crippen LogP contribution >= 0.6 is 11.6 Å². The summed E-state index contributed by atoms with van der Waals surface area (Å²) in [5.74, 6) is -1.64. The van der Waals surface area contributed by atoms with E-state index in [0.717, 1.165) is 11.1 Å². The lowest BCUT2D eigenvalue weighted by atomic mass is 9.83. The maximum Gasteiger partial charge on any atom is 0.240 e. The molecule has 3 heterocycles. The highest BCUT2D eigenvalue weighted by atomic mass is 35.5. The second-order valence-electron chi connectivity index (χ2n) is 9.26. The molecular weight excluding hydrogens is 492 g/mol. The topological polar surface area (TPSA) is 76.2 Å². The van der Waals surface area contributed by atoms with Crippen LogP contribution in [0.15, 0.2) is 72.9 Å². The van der Waals surface area contributed by atoms with Gasteiger partial charge in [-0.2, -0.15) is 0 Å². The molecule has 0 aromatic heterocycles. The third-order valence-electron chi connectivity index (χ3n) is 7.48. The highest BCUT2D eigenvalue weighted by Crippen LogP contribution is 2.53. The van der Waals surface area contributed by atoms with Gasteiger partial charge in [0.2, 0.25) is 11.8 Å². The Morgan fingerprint density at radius 1 is 0.865 bits per heavy atom. The number of amides is 2. The summed E-state index contributed by atoms with van der Waals surface area (Å²) in [5.41, 5.74) is 2.70. The molecule has 37 heavy (non-hydrogen) atoms. The minimum Gasteiger partial charge on any atom is -0.493 e. The Kier molecular flexibility index (Phi) is 5.53. The maximum atomic E-state index is 14.1. The van der Waals surface area contributed by atoms with E-state index in [9.17, 15) is 14.4 Å². The van der Waals surface area contributed by atoms with Crippen LogP contribution in [0.4, 0.5) is 5.69 Å². The summed E-state index contributed by atoms with van der Waals surface area (Å²) < 4.78 is 10.7. The number of carbonyl (C=O) groups is 3. The van der Waals surface area contributed by atoms with Crippen molar-refractivity contribution in [3.8, 4) is 11.5 Å². The van der Waals surface area contributed by atoms with Gasteiger partial charge in [-0.3, -0.25) is 14.4 Å². The van der Waals surface area contributed by atoms with E-state index < -0.39 is 29.8 Å². The van der Waals surface area contributed by atoms with Gasteiger partial charge < -0.3 is 14.4 Å². The van der Waals surface area contributed by atoms with E-state index in [0.29, 0.717) is 27.8 Å². The van der Waals surface area contributed by atoms with Crippen LogP contribution in [0.2, 0.25) is 5.02 Å². The molecule has 0 spiro atoms. The molecule has 0 saturated carbocycles. The highest BCUT2D eigenvalue weighted by Gasteiger charge is 2.64. The van der Waals surface area contributed by atoms with Gasteiger partial charge in [-0.1, -0.05) is 35.9 Å². The van der Waals surface area contributed by atoms with Crippen LogP contribution in [0.3, 0.4) is 0 Å². The van der Waals surface area contributed by atoms with Gasteiger partial charge in [0, 0.05) is 16.8 Å². The molecule has 2 saturated heterocycles. The maximum absolute atomic E-state index is 14.1. The first kappa shape index (κ1) is 23.3. The van der Waals surface area contributed by atoms with Crippen molar-refractivity contribution in [2.24, 2.45) is 11.8 Å². The monoisotopic (exact) mass is 514 g/mol. The Labute approximate surface area is 218 Å². The smallest absolute Gasteiger partial charge is 0.240 e. The first-order valence-electron chi connectivity index (χ1n) is 11.9. The molecule has 2 amide bonds. The fourth-order valence-corrected chi connectivity index (χ4v) is 5.99. The van der Waals surface area contributed by atoms with Gasteiger partial charge in [0.05, 0.1) is 37.8 Å². The molecule has 3 aromatic carbocycles. The van der Waals surface area contributed by atoms with E-state index in [-0.39, 0.29) is 11.7 Å². The zero-order chi connectivity index (χ0) is 25.8. The van der Waals surface area contributed by atoms with Crippen molar-refractivity contribution in [1.29, 1.82) is 0 Å². The minimum absolute atomic E-state index is 0.262. The number of nitrogens with zero attached hydrogens (tertiary/aromatic N) is 2. The average Bonchev–Trinajstić information content (AvgIpc) is 3.40. The summed E-state index contributed by atoms with van der Waals surface area (Å²) in [6, 6.07) is 18.0. The molecule has 4 atom stereocenters. The largest absolute Gasteiger partial charge is 0.493 e. The molecule has 3 aromatic rings. The molecule has 0 bridgehead atoms. The fraction of sp³-hybridized carbons (Fsp3) is 0.207. The first-order chi connectivity index (χ1) is 17.9. The minimum atomic E-state index is -0.869. The van der Waals surface area contributed by atoms with Crippen LogP contribution in [-0.2, 0) is 9.59 Å². The van der Waals surface area contributed by atoms with Crippen molar-refractivity contribution in [2.45, 2.75) is 12.1 Å². The molecule has 3 aliphatic rings. The van der Waals surface area contributed by atoms with Crippen LogP contribution in [0.5, 0.6) is 11.5 Å². The second-order valence-corrected chi connectivity index (χ2v) is 9.69. The number of fused-ring (bicyclic) bond motifs is 5. The summed E-state index contributed by atoms with van der Waals surface area (Å²) in [7, 11) is 3.02. The van der Waals surface area contributed by atoms with Gasteiger partial charge in [0.15, 0.2) is 17.3 Å². The molecule has 0 unspecified atom stereocenters. The van der Waals surface area contributed by atoms with Gasteiger partial charge in [-0.25, -0.2) is 4.90 Å². The Morgan fingerprint density at radius 3 is 2.30 bits per heavy atom. The first-order valence-corrected chi connectivity index (χ1v) is 12.3. The van der Waals surface area contributed by atoms with E-state index >= 15 is 0 Å². The zero-order valence-electron chi connectivity index (χ0n) is 20.1. The van der Waals surface area contributed by atoms with Crippen molar-refractivity contribution < 1.29 is 23.9 Å².